The number of hydrogen-bond donors (Lipinski definition) is 1. The van der Waals surface area contributed by atoms with Crippen molar-refractivity contribution < 1.29 is 9.47 Å². The van der Waals surface area contributed by atoms with Gasteiger partial charge in [0.25, 0.3) is 0 Å². The Morgan fingerprint density at radius 1 is 0.810 bits per heavy atom. The second-order valence-corrected chi connectivity index (χ2v) is 10.9. The summed E-state index contributed by atoms with van der Waals surface area (Å²) in [7, 11) is 3.25. The molecule has 9 heteroatoms. The summed E-state index contributed by atoms with van der Waals surface area (Å²) in [6.07, 6.45) is 0. The maximum absolute atomic E-state index is 5.57. The summed E-state index contributed by atoms with van der Waals surface area (Å²) in [6, 6.07) is 32.2. The molecule has 42 heavy (non-hydrogen) atoms. The SMILES string of the molecule is COc1ccc(NC2=Nc3ccccc3N3C2=Nc2c(c(C)nn2-c2ccccc2)C3c2cccc(Br)c2)cc1OC. The number of fused-ring (bicyclic) bond motifs is 4. The van der Waals surface area contributed by atoms with Gasteiger partial charge in [-0.2, -0.15) is 5.10 Å². The van der Waals surface area contributed by atoms with Crippen LogP contribution in [0.1, 0.15) is 22.9 Å². The van der Waals surface area contributed by atoms with Crippen LogP contribution < -0.4 is 19.7 Å². The highest BCUT2D eigenvalue weighted by atomic mass is 79.9. The molecule has 5 aromatic rings. The first-order valence-corrected chi connectivity index (χ1v) is 14.3. The molecule has 3 heterocycles. The topological polar surface area (TPSA) is 76.3 Å². The van der Waals surface area contributed by atoms with Crippen LogP contribution in [-0.2, 0) is 0 Å². The Labute approximate surface area is 252 Å². The Morgan fingerprint density at radius 2 is 1.60 bits per heavy atom. The van der Waals surface area contributed by atoms with Crippen LogP contribution >= 0.6 is 15.9 Å². The number of rotatable bonds is 5. The van der Waals surface area contributed by atoms with Crippen LogP contribution in [0.15, 0.2) is 112 Å². The molecule has 0 radical (unpaired) electrons. The van der Waals surface area contributed by atoms with Gasteiger partial charge in [-0.05, 0) is 61.0 Å². The maximum Gasteiger partial charge on any atom is 0.179 e. The fraction of sp³-hybridized carbons (Fsp3) is 0.121. The van der Waals surface area contributed by atoms with Crippen LogP contribution in [0.3, 0.4) is 0 Å². The van der Waals surface area contributed by atoms with E-state index in [1.54, 1.807) is 14.2 Å². The molecular formula is C33H27BrN6O2. The summed E-state index contributed by atoms with van der Waals surface area (Å²) in [4.78, 5) is 12.6. The van der Waals surface area contributed by atoms with Gasteiger partial charge < -0.3 is 19.7 Å². The number of nitrogens with one attached hydrogen (secondary N) is 1. The fourth-order valence-corrected chi connectivity index (χ4v) is 6.01. The van der Waals surface area contributed by atoms with Crippen LogP contribution in [0, 0.1) is 6.92 Å². The van der Waals surface area contributed by atoms with Gasteiger partial charge in [0.05, 0.1) is 43.0 Å². The van der Waals surface area contributed by atoms with Crippen LogP contribution in [0.2, 0.25) is 0 Å². The molecule has 208 valence electrons. The van der Waals surface area contributed by atoms with E-state index in [1.165, 1.54) is 0 Å². The molecule has 1 unspecified atom stereocenters. The van der Waals surface area contributed by atoms with Crippen molar-refractivity contribution >= 4 is 50.5 Å². The standard InChI is InChI=1S/C33H27BrN6O2/c1-20-29-30(21-10-9-11-22(34)18-21)39-26-15-8-7-14-25(26)36-31(35-23-16-17-27(41-2)28(19-23)42-3)33(39)37-32(29)40(38-20)24-12-5-4-6-13-24/h4-19,30H,1-3H3,(H,35,36). The molecular weight excluding hydrogens is 592 g/mol. The number of methoxy groups -OCH3 is 2. The predicted molar refractivity (Wildman–Crippen MR) is 171 cm³/mol. The average Bonchev–Trinajstić information content (AvgIpc) is 3.36. The lowest BCUT2D eigenvalue weighted by Gasteiger charge is -2.40. The summed E-state index contributed by atoms with van der Waals surface area (Å²) in [5, 5.41) is 8.54. The first-order chi connectivity index (χ1) is 20.6. The number of para-hydroxylation sites is 3. The van der Waals surface area contributed by atoms with Crippen molar-refractivity contribution in [2.24, 2.45) is 9.98 Å². The Bertz CT molecular complexity index is 1880. The Balaban J connectivity index is 1.47. The van der Waals surface area contributed by atoms with Gasteiger partial charge in [-0.25, -0.2) is 14.7 Å². The molecule has 0 amide bonds. The van der Waals surface area contributed by atoms with Gasteiger partial charge in [-0.3, -0.25) is 0 Å². The number of aryl methyl sites for hydroxylation is 1. The molecule has 0 aliphatic carbocycles. The molecule has 1 N–H and O–H groups in total. The number of aliphatic imine (C=N–C) groups is 2. The van der Waals surface area contributed by atoms with E-state index in [4.69, 9.17) is 24.6 Å². The van der Waals surface area contributed by atoms with E-state index in [2.05, 4.69) is 57.3 Å². The summed E-state index contributed by atoms with van der Waals surface area (Å²) < 4.78 is 13.9. The zero-order valence-electron chi connectivity index (χ0n) is 23.2. The zero-order valence-corrected chi connectivity index (χ0v) is 24.8. The highest BCUT2D eigenvalue weighted by molar-refractivity contribution is 9.10. The second-order valence-electron chi connectivity index (χ2n) is 9.98. The van der Waals surface area contributed by atoms with Crippen molar-refractivity contribution in [3.63, 3.8) is 0 Å². The van der Waals surface area contributed by atoms with Crippen molar-refractivity contribution in [2.75, 3.05) is 24.4 Å². The average molecular weight is 620 g/mol. The smallest absolute Gasteiger partial charge is 0.179 e. The summed E-state index contributed by atoms with van der Waals surface area (Å²) in [6.45, 7) is 2.05. The van der Waals surface area contributed by atoms with Gasteiger partial charge in [-0.1, -0.05) is 58.4 Å². The van der Waals surface area contributed by atoms with Crippen molar-refractivity contribution in [2.45, 2.75) is 13.0 Å². The number of nitrogens with zero attached hydrogens (tertiary/aromatic N) is 5. The third-order valence-corrected chi connectivity index (χ3v) is 7.94. The maximum atomic E-state index is 5.57. The predicted octanol–water partition coefficient (Wildman–Crippen LogP) is 7.76. The lowest BCUT2D eigenvalue weighted by molar-refractivity contribution is 0.355. The molecule has 1 aromatic heterocycles. The first-order valence-electron chi connectivity index (χ1n) is 13.5. The molecule has 2 aliphatic rings. The lowest BCUT2D eigenvalue weighted by Crippen LogP contribution is -2.46. The minimum atomic E-state index is -0.207. The minimum Gasteiger partial charge on any atom is -0.493 e. The molecule has 8 nitrogen and oxygen atoms in total. The molecule has 0 spiro atoms. The highest BCUT2D eigenvalue weighted by Crippen LogP contribution is 2.48. The summed E-state index contributed by atoms with van der Waals surface area (Å²) in [5.74, 6) is 3.35. The number of aromatic nitrogens is 2. The fourth-order valence-electron chi connectivity index (χ4n) is 5.59. The van der Waals surface area contributed by atoms with Crippen molar-refractivity contribution in [3.8, 4) is 17.2 Å². The minimum absolute atomic E-state index is 0.207. The molecule has 2 aliphatic heterocycles. The number of ether oxygens (including phenoxy) is 2. The third kappa shape index (κ3) is 4.33. The van der Waals surface area contributed by atoms with E-state index in [0.717, 1.165) is 49.9 Å². The van der Waals surface area contributed by atoms with E-state index in [1.807, 2.05) is 77.5 Å². The van der Waals surface area contributed by atoms with Crippen molar-refractivity contribution in [1.29, 1.82) is 0 Å². The van der Waals surface area contributed by atoms with Crippen LogP contribution in [0.5, 0.6) is 11.5 Å². The molecule has 7 rings (SSSR count). The van der Waals surface area contributed by atoms with E-state index >= 15 is 0 Å². The van der Waals surface area contributed by atoms with E-state index in [-0.39, 0.29) is 6.04 Å². The summed E-state index contributed by atoms with van der Waals surface area (Å²) >= 11 is 3.70. The summed E-state index contributed by atoms with van der Waals surface area (Å²) in [5.41, 5.74) is 6.61. The molecule has 1 atom stereocenters. The van der Waals surface area contributed by atoms with Gasteiger partial charge in [-0.15, -0.1) is 0 Å². The monoisotopic (exact) mass is 618 g/mol. The van der Waals surface area contributed by atoms with Gasteiger partial charge in [0.1, 0.15) is 0 Å². The van der Waals surface area contributed by atoms with Crippen molar-refractivity contribution in [1.82, 2.24) is 9.78 Å². The number of anilines is 2. The third-order valence-electron chi connectivity index (χ3n) is 7.45. The van der Waals surface area contributed by atoms with E-state index in [9.17, 15) is 0 Å². The molecule has 0 fully saturated rings. The quantitative estimate of drug-likeness (QED) is 0.218. The Morgan fingerprint density at radius 3 is 2.38 bits per heavy atom. The van der Waals surface area contributed by atoms with Crippen LogP contribution in [0.4, 0.5) is 22.9 Å². The highest BCUT2D eigenvalue weighted by Gasteiger charge is 2.41. The number of amidine groups is 2. The normalized spacial score (nSPS) is 15.1. The van der Waals surface area contributed by atoms with Gasteiger partial charge in [0, 0.05) is 21.8 Å². The zero-order chi connectivity index (χ0) is 28.8. The molecule has 0 saturated carbocycles. The van der Waals surface area contributed by atoms with Crippen LogP contribution in [0.25, 0.3) is 5.69 Å². The van der Waals surface area contributed by atoms with E-state index < -0.39 is 0 Å². The number of benzene rings is 4. The second kappa shape index (κ2) is 10.5. The lowest BCUT2D eigenvalue weighted by atomic mass is 9.93. The number of hydrogen-bond acceptors (Lipinski definition) is 7. The molecule has 0 bridgehead atoms. The Hall–Kier alpha value is -4.89. The largest absolute Gasteiger partial charge is 0.493 e. The molecule has 0 saturated heterocycles. The van der Waals surface area contributed by atoms with Gasteiger partial charge in [0.15, 0.2) is 29.0 Å². The van der Waals surface area contributed by atoms with E-state index in [0.29, 0.717) is 23.2 Å². The van der Waals surface area contributed by atoms with Gasteiger partial charge in [0.2, 0.25) is 0 Å². The molecule has 4 aromatic carbocycles. The number of halogens is 1. The van der Waals surface area contributed by atoms with Crippen molar-refractivity contribution in [3.05, 3.63) is 118 Å². The Kier molecular flexibility index (Phi) is 6.51. The van der Waals surface area contributed by atoms with Gasteiger partial charge >= 0.3 is 0 Å². The van der Waals surface area contributed by atoms with Crippen LogP contribution in [-0.4, -0.2) is 35.7 Å². The first kappa shape index (κ1) is 26.0.